The first kappa shape index (κ1) is 20.5. The molecule has 0 radical (unpaired) electrons. The van der Waals surface area contributed by atoms with E-state index in [1.54, 1.807) is 24.3 Å². The van der Waals surface area contributed by atoms with Gasteiger partial charge in [-0.25, -0.2) is 0 Å². The Morgan fingerprint density at radius 2 is 1.94 bits per heavy atom. The van der Waals surface area contributed by atoms with Gasteiger partial charge in [0.1, 0.15) is 23.9 Å². The van der Waals surface area contributed by atoms with Crippen LogP contribution in [0.15, 0.2) is 77.0 Å². The van der Waals surface area contributed by atoms with Crippen LogP contribution in [0.1, 0.15) is 27.0 Å². The summed E-state index contributed by atoms with van der Waals surface area (Å²) in [4.78, 5) is 12.9. The fraction of sp³-hybridized carbons (Fsp3) is 0.115. The summed E-state index contributed by atoms with van der Waals surface area (Å²) in [7, 11) is 0. The quantitative estimate of drug-likeness (QED) is 0.409. The number of ether oxygens (including phenoxy) is 4. The number of halogens is 1. The minimum Gasteiger partial charge on any atom is -0.489 e. The van der Waals surface area contributed by atoms with Gasteiger partial charge >= 0.3 is 0 Å². The molecule has 2 heterocycles. The van der Waals surface area contributed by atoms with E-state index >= 15 is 0 Å². The van der Waals surface area contributed by atoms with Crippen molar-refractivity contribution in [2.75, 3.05) is 13.4 Å². The zero-order valence-corrected chi connectivity index (χ0v) is 18.6. The maximum atomic E-state index is 12.9. The van der Waals surface area contributed by atoms with Gasteiger partial charge in [-0.05, 0) is 42.0 Å². The minimum absolute atomic E-state index is 0.170. The Balaban J connectivity index is 1.32. The van der Waals surface area contributed by atoms with Crippen LogP contribution in [0.5, 0.6) is 17.2 Å². The molecule has 5 nitrogen and oxygen atoms in total. The molecule has 3 aromatic rings. The van der Waals surface area contributed by atoms with Crippen LogP contribution in [0.25, 0.3) is 12.2 Å². The number of carbonyl (C=O) groups excluding carboxylic acids is 1. The van der Waals surface area contributed by atoms with Crippen molar-refractivity contribution in [1.82, 2.24) is 0 Å². The number of hydrogen-bond acceptors (Lipinski definition) is 5. The summed E-state index contributed by atoms with van der Waals surface area (Å²) in [6.45, 7) is 1.05. The van der Waals surface area contributed by atoms with Crippen molar-refractivity contribution in [1.29, 1.82) is 0 Å². The lowest BCUT2D eigenvalue weighted by Gasteiger charge is -2.20. The van der Waals surface area contributed by atoms with Crippen LogP contribution in [-0.4, -0.2) is 19.2 Å². The van der Waals surface area contributed by atoms with E-state index in [-0.39, 0.29) is 18.3 Å². The fourth-order valence-corrected chi connectivity index (χ4v) is 4.13. The second-order valence-electron chi connectivity index (χ2n) is 7.32. The van der Waals surface area contributed by atoms with Gasteiger partial charge in [-0.3, -0.25) is 4.79 Å². The van der Waals surface area contributed by atoms with Gasteiger partial charge in [-0.2, -0.15) is 0 Å². The molecule has 0 bridgehead atoms. The SMILES string of the molecule is O=C1/C(=C/c2cc(Br)cc3c2OCOC3)Oc2cc(OC/C=C/c3ccccc3)ccc21. The van der Waals surface area contributed by atoms with Crippen molar-refractivity contribution >= 4 is 33.9 Å². The molecule has 2 aliphatic heterocycles. The molecule has 0 N–H and O–H groups in total. The Hall–Kier alpha value is -3.35. The van der Waals surface area contributed by atoms with Crippen molar-refractivity contribution in [3.63, 3.8) is 0 Å². The van der Waals surface area contributed by atoms with E-state index in [0.29, 0.717) is 36.0 Å². The molecule has 3 aromatic carbocycles. The van der Waals surface area contributed by atoms with Gasteiger partial charge in [-0.1, -0.05) is 52.3 Å². The zero-order valence-electron chi connectivity index (χ0n) is 17.0. The first-order valence-electron chi connectivity index (χ1n) is 10.1. The Morgan fingerprint density at radius 3 is 2.81 bits per heavy atom. The zero-order chi connectivity index (χ0) is 21.9. The number of benzene rings is 3. The second kappa shape index (κ2) is 9.02. The summed E-state index contributed by atoms with van der Waals surface area (Å²) in [5.74, 6) is 1.90. The summed E-state index contributed by atoms with van der Waals surface area (Å²) in [5, 5.41) is 0. The lowest BCUT2D eigenvalue weighted by atomic mass is 10.1. The molecule has 5 rings (SSSR count). The van der Waals surface area contributed by atoms with Gasteiger partial charge in [0.05, 0.1) is 12.2 Å². The van der Waals surface area contributed by atoms with Gasteiger partial charge in [0.25, 0.3) is 0 Å². The normalized spacial score (nSPS) is 15.9. The molecule has 2 aliphatic rings. The molecule has 0 amide bonds. The lowest BCUT2D eigenvalue weighted by Crippen LogP contribution is -2.12. The molecule has 0 saturated carbocycles. The van der Waals surface area contributed by atoms with E-state index < -0.39 is 0 Å². The molecule has 160 valence electrons. The Kier molecular flexibility index (Phi) is 5.79. The van der Waals surface area contributed by atoms with Gasteiger partial charge in [-0.15, -0.1) is 0 Å². The predicted molar refractivity (Wildman–Crippen MR) is 125 cm³/mol. The van der Waals surface area contributed by atoms with E-state index in [4.69, 9.17) is 18.9 Å². The summed E-state index contributed by atoms with van der Waals surface area (Å²) in [6, 6.07) is 19.1. The third-order valence-electron chi connectivity index (χ3n) is 5.09. The van der Waals surface area contributed by atoms with E-state index in [1.165, 1.54) is 0 Å². The van der Waals surface area contributed by atoms with Crippen LogP contribution in [0.3, 0.4) is 0 Å². The number of fused-ring (bicyclic) bond motifs is 2. The molecule has 0 saturated heterocycles. The Morgan fingerprint density at radius 1 is 1.06 bits per heavy atom. The average molecular weight is 491 g/mol. The topological polar surface area (TPSA) is 54.0 Å². The predicted octanol–water partition coefficient (Wildman–Crippen LogP) is 6.02. The van der Waals surface area contributed by atoms with E-state index in [0.717, 1.165) is 21.2 Å². The highest BCUT2D eigenvalue weighted by atomic mass is 79.9. The van der Waals surface area contributed by atoms with Gasteiger partial charge in [0, 0.05) is 21.7 Å². The number of Topliss-reactive ketones (excluding diaryl/α,β-unsaturated/α-hetero) is 1. The van der Waals surface area contributed by atoms with Crippen molar-refractivity contribution in [2.45, 2.75) is 6.61 Å². The number of hydrogen-bond donors (Lipinski definition) is 0. The number of allylic oxidation sites excluding steroid dienone is 1. The van der Waals surface area contributed by atoms with Crippen LogP contribution < -0.4 is 14.2 Å². The van der Waals surface area contributed by atoms with Gasteiger partial charge in [0.2, 0.25) is 5.78 Å². The van der Waals surface area contributed by atoms with Crippen LogP contribution in [0.4, 0.5) is 0 Å². The standard InChI is InChI=1S/C26H19BrO5/c27-20-11-18(26-19(12-20)15-29-16-31-26)13-24-25(28)22-9-8-21(14-23(22)32-24)30-10-4-7-17-5-2-1-3-6-17/h1-9,11-14H,10,15-16H2/b7-4+,24-13-. The van der Waals surface area contributed by atoms with Crippen LogP contribution in [0, 0.1) is 0 Å². The van der Waals surface area contributed by atoms with Gasteiger partial charge < -0.3 is 18.9 Å². The Labute approximate surface area is 194 Å². The molecular weight excluding hydrogens is 472 g/mol. The monoisotopic (exact) mass is 490 g/mol. The highest BCUT2D eigenvalue weighted by Gasteiger charge is 2.28. The first-order chi connectivity index (χ1) is 15.7. The first-order valence-corrected chi connectivity index (χ1v) is 10.9. The van der Waals surface area contributed by atoms with Gasteiger partial charge in [0.15, 0.2) is 12.6 Å². The third kappa shape index (κ3) is 4.33. The van der Waals surface area contributed by atoms with Crippen LogP contribution in [0.2, 0.25) is 0 Å². The molecular formula is C26H19BrO5. The number of rotatable bonds is 5. The smallest absolute Gasteiger partial charge is 0.231 e. The van der Waals surface area contributed by atoms with E-state index in [2.05, 4.69) is 15.9 Å². The molecule has 0 fully saturated rings. The number of ketones is 1. The summed E-state index contributed by atoms with van der Waals surface area (Å²) >= 11 is 3.50. The third-order valence-corrected chi connectivity index (χ3v) is 5.55. The highest BCUT2D eigenvalue weighted by molar-refractivity contribution is 9.10. The van der Waals surface area contributed by atoms with Crippen LogP contribution in [-0.2, 0) is 11.3 Å². The molecule has 0 unspecified atom stereocenters. The minimum atomic E-state index is -0.170. The summed E-state index contributed by atoms with van der Waals surface area (Å²) in [6.07, 6.45) is 5.65. The largest absolute Gasteiger partial charge is 0.489 e. The summed E-state index contributed by atoms with van der Waals surface area (Å²) < 4.78 is 23.6. The van der Waals surface area contributed by atoms with Crippen molar-refractivity contribution in [3.8, 4) is 17.2 Å². The molecule has 0 aliphatic carbocycles. The van der Waals surface area contributed by atoms with Crippen molar-refractivity contribution in [2.24, 2.45) is 0 Å². The molecule has 0 aromatic heterocycles. The van der Waals surface area contributed by atoms with Crippen LogP contribution >= 0.6 is 15.9 Å². The molecule has 0 spiro atoms. The fourth-order valence-electron chi connectivity index (χ4n) is 3.61. The second-order valence-corrected chi connectivity index (χ2v) is 8.23. The number of carbonyl (C=O) groups is 1. The lowest BCUT2D eigenvalue weighted by molar-refractivity contribution is -0.0165. The van der Waals surface area contributed by atoms with E-state index in [1.807, 2.05) is 54.6 Å². The maximum absolute atomic E-state index is 12.9. The molecule has 6 heteroatoms. The van der Waals surface area contributed by atoms with Crippen molar-refractivity contribution < 1.29 is 23.7 Å². The highest BCUT2D eigenvalue weighted by Crippen LogP contribution is 2.38. The molecule has 0 atom stereocenters. The van der Waals surface area contributed by atoms with E-state index in [9.17, 15) is 4.79 Å². The molecule has 32 heavy (non-hydrogen) atoms. The Bertz CT molecular complexity index is 1230. The average Bonchev–Trinajstić information content (AvgIpc) is 3.12. The summed E-state index contributed by atoms with van der Waals surface area (Å²) in [5.41, 5.74) is 3.30. The maximum Gasteiger partial charge on any atom is 0.231 e. The van der Waals surface area contributed by atoms with Crippen molar-refractivity contribution in [3.05, 3.63) is 99.2 Å².